The van der Waals surface area contributed by atoms with Crippen molar-refractivity contribution in [2.24, 2.45) is 0 Å². The van der Waals surface area contributed by atoms with Gasteiger partial charge in [0.2, 0.25) is 0 Å². The third kappa shape index (κ3) is 3.19. The van der Waals surface area contributed by atoms with E-state index >= 15 is 0 Å². The van der Waals surface area contributed by atoms with Crippen LogP contribution >= 0.6 is 15.9 Å². The molecular weight excluding hydrogens is 314 g/mol. The molecule has 1 atom stereocenters. The fourth-order valence-corrected chi connectivity index (χ4v) is 2.45. The monoisotopic (exact) mass is 326 g/mol. The standard InChI is InChI=1S/C15H13BrF2O/c1-15(19,12-4-2-3-5-14(12)18)9-10-8-11(16)6-7-13(10)17/h2-8,19H,9H2,1H3. The molecule has 0 radical (unpaired) electrons. The summed E-state index contributed by atoms with van der Waals surface area (Å²) in [5.41, 5.74) is -0.968. The van der Waals surface area contributed by atoms with Gasteiger partial charge in [0.25, 0.3) is 0 Å². The maximum Gasteiger partial charge on any atom is 0.129 e. The average molecular weight is 327 g/mol. The van der Waals surface area contributed by atoms with E-state index in [4.69, 9.17) is 0 Å². The first-order chi connectivity index (χ1) is 8.90. The Balaban J connectivity index is 2.36. The first-order valence-electron chi connectivity index (χ1n) is 5.81. The number of hydrogen-bond acceptors (Lipinski definition) is 1. The molecule has 19 heavy (non-hydrogen) atoms. The Labute approximate surface area is 119 Å². The molecule has 0 heterocycles. The molecule has 100 valence electrons. The second-order valence-corrected chi connectivity index (χ2v) is 5.58. The summed E-state index contributed by atoms with van der Waals surface area (Å²) in [6.07, 6.45) is -0.000787. The maximum absolute atomic E-state index is 13.7. The second kappa shape index (κ2) is 5.39. The molecule has 1 N–H and O–H groups in total. The lowest BCUT2D eigenvalue weighted by molar-refractivity contribution is 0.0529. The van der Waals surface area contributed by atoms with Crippen LogP contribution < -0.4 is 0 Å². The van der Waals surface area contributed by atoms with Crippen molar-refractivity contribution in [1.82, 2.24) is 0 Å². The number of halogens is 3. The van der Waals surface area contributed by atoms with Gasteiger partial charge in [-0.25, -0.2) is 8.78 Å². The van der Waals surface area contributed by atoms with E-state index in [-0.39, 0.29) is 12.0 Å². The Morgan fingerprint density at radius 1 is 1.11 bits per heavy atom. The zero-order chi connectivity index (χ0) is 14.0. The van der Waals surface area contributed by atoms with Gasteiger partial charge in [0, 0.05) is 16.5 Å². The molecule has 0 saturated heterocycles. The number of hydrogen-bond donors (Lipinski definition) is 1. The van der Waals surface area contributed by atoms with Gasteiger partial charge in [0.15, 0.2) is 0 Å². The topological polar surface area (TPSA) is 20.2 Å². The van der Waals surface area contributed by atoms with E-state index in [2.05, 4.69) is 15.9 Å². The summed E-state index contributed by atoms with van der Waals surface area (Å²) in [6.45, 7) is 1.48. The fraction of sp³-hybridized carbons (Fsp3) is 0.200. The highest BCUT2D eigenvalue weighted by atomic mass is 79.9. The summed E-state index contributed by atoms with van der Waals surface area (Å²) in [7, 11) is 0. The molecular formula is C15H13BrF2O. The van der Waals surface area contributed by atoms with Gasteiger partial charge in [-0.3, -0.25) is 0 Å². The highest BCUT2D eigenvalue weighted by Gasteiger charge is 2.27. The third-order valence-corrected chi connectivity index (χ3v) is 3.49. The smallest absolute Gasteiger partial charge is 0.129 e. The molecule has 0 fully saturated rings. The highest BCUT2D eigenvalue weighted by molar-refractivity contribution is 9.10. The van der Waals surface area contributed by atoms with Gasteiger partial charge in [-0.1, -0.05) is 34.1 Å². The van der Waals surface area contributed by atoms with E-state index in [9.17, 15) is 13.9 Å². The molecule has 1 unspecified atom stereocenters. The van der Waals surface area contributed by atoms with Crippen molar-refractivity contribution in [2.75, 3.05) is 0 Å². The second-order valence-electron chi connectivity index (χ2n) is 4.67. The van der Waals surface area contributed by atoms with Crippen LogP contribution in [0.1, 0.15) is 18.1 Å². The summed E-state index contributed by atoms with van der Waals surface area (Å²) in [5.74, 6) is -0.914. The summed E-state index contributed by atoms with van der Waals surface area (Å²) in [6, 6.07) is 10.5. The minimum absolute atomic E-state index is 0.000787. The minimum atomic E-state index is -1.47. The van der Waals surface area contributed by atoms with Crippen molar-refractivity contribution in [3.05, 3.63) is 69.7 Å². The van der Waals surface area contributed by atoms with Crippen molar-refractivity contribution in [2.45, 2.75) is 18.9 Å². The van der Waals surface area contributed by atoms with E-state index in [1.807, 2.05) is 0 Å². The van der Waals surface area contributed by atoms with Gasteiger partial charge in [-0.2, -0.15) is 0 Å². The van der Waals surface area contributed by atoms with Crippen LogP contribution in [-0.2, 0) is 12.0 Å². The Morgan fingerprint density at radius 3 is 2.47 bits per heavy atom. The molecule has 0 spiro atoms. The molecule has 0 bridgehead atoms. The molecule has 4 heteroatoms. The summed E-state index contributed by atoms with van der Waals surface area (Å²) in [5, 5.41) is 10.4. The molecule has 0 aliphatic rings. The van der Waals surface area contributed by atoms with Crippen LogP contribution in [0.25, 0.3) is 0 Å². The average Bonchev–Trinajstić information content (AvgIpc) is 2.34. The molecule has 0 aliphatic heterocycles. The zero-order valence-electron chi connectivity index (χ0n) is 10.3. The van der Waals surface area contributed by atoms with Crippen molar-refractivity contribution >= 4 is 15.9 Å². The molecule has 2 aromatic rings. The van der Waals surface area contributed by atoms with E-state index in [0.717, 1.165) is 0 Å². The van der Waals surface area contributed by atoms with Gasteiger partial charge in [0.05, 0.1) is 5.60 Å². The van der Waals surface area contributed by atoms with E-state index in [1.165, 1.54) is 25.1 Å². The van der Waals surface area contributed by atoms with Crippen LogP contribution in [0.5, 0.6) is 0 Å². The van der Waals surface area contributed by atoms with Gasteiger partial charge in [0.1, 0.15) is 11.6 Å². The minimum Gasteiger partial charge on any atom is -0.385 e. The lowest BCUT2D eigenvalue weighted by atomic mass is 9.88. The largest absolute Gasteiger partial charge is 0.385 e. The van der Waals surface area contributed by atoms with Crippen LogP contribution in [-0.4, -0.2) is 5.11 Å². The van der Waals surface area contributed by atoms with Gasteiger partial charge in [-0.05, 0) is 36.8 Å². The molecule has 2 aromatic carbocycles. The molecule has 2 rings (SSSR count). The van der Waals surface area contributed by atoms with Gasteiger partial charge >= 0.3 is 0 Å². The highest BCUT2D eigenvalue weighted by Crippen LogP contribution is 2.29. The van der Waals surface area contributed by atoms with E-state index in [1.54, 1.807) is 24.3 Å². The first-order valence-corrected chi connectivity index (χ1v) is 6.61. The third-order valence-electron chi connectivity index (χ3n) is 3.00. The first kappa shape index (κ1) is 14.2. The van der Waals surface area contributed by atoms with Crippen LogP contribution in [0.4, 0.5) is 8.78 Å². The van der Waals surface area contributed by atoms with Crippen molar-refractivity contribution < 1.29 is 13.9 Å². The number of benzene rings is 2. The fourth-order valence-electron chi connectivity index (χ4n) is 2.04. The SMILES string of the molecule is CC(O)(Cc1cc(Br)ccc1F)c1ccccc1F. The molecule has 1 nitrogen and oxygen atoms in total. The maximum atomic E-state index is 13.7. The summed E-state index contributed by atoms with van der Waals surface area (Å²) in [4.78, 5) is 0. The predicted molar refractivity (Wildman–Crippen MR) is 73.8 cm³/mol. The van der Waals surface area contributed by atoms with E-state index < -0.39 is 17.2 Å². The predicted octanol–water partition coefficient (Wildman–Crippen LogP) is 4.18. The summed E-state index contributed by atoms with van der Waals surface area (Å²) < 4.78 is 28.1. The van der Waals surface area contributed by atoms with Crippen molar-refractivity contribution in [1.29, 1.82) is 0 Å². The molecule has 0 amide bonds. The number of rotatable bonds is 3. The normalized spacial score (nSPS) is 14.2. The van der Waals surface area contributed by atoms with Crippen LogP contribution in [0.2, 0.25) is 0 Å². The van der Waals surface area contributed by atoms with Crippen LogP contribution in [0.15, 0.2) is 46.9 Å². The molecule has 0 saturated carbocycles. The van der Waals surface area contributed by atoms with Gasteiger partial charge < -0.3 is 5.11 Å². The lowest BCUT2D eigenvalue weighted by Crippen LogP contribution is -2.26. The Hall–Kier alpha value is -1.26. The number of aliphatic hydroxyl groups is 1. The van der Waals surface area contributed by atoms with Crippen molar-refractivity contribution in [3.63, 3.8) is 0 Å². The molecule has 0 aromatic heterocycles. The van der Waals surface area contributed by atoms with Crippen molar-refractivity contribution in [3.8, 4) is 0 Å². The van der Waals surface area contributed by atoms with Gasteiger partial charge in [-0.15, -0.1) is 0 Å². The molecule has 0 aliphatic carbocycles. The van der Waals surface area contributed by atoms with Crippen LogP contribution in [0, 0.1) is 11.6 Å². The van der Waals surface area contributed by atoms with E-state index in [0.29, 0.717) is 10.0 Å². The Morgan fingerprint density at radius 2 is 1.79 bits per heavy atom. The zero-order valence-corrected chi connectivity index (χ0v) is 11.9. The van der Waals surface area contributed by atoms with Crippen LogP contribution in [0.3, 0.4) is 0 Å². The summed E-state index contributed by atoms with van der Waals surface area (Å²) >= 11 is 3.25. The Kier molecular flexibility index (Phi) is 4.02. The lowest BCUT2D eigenvalue weighted by Gasteiger charge is -2.24. The quantitative estimate of drug-likeness (QED) is 0.897. The Bertz CT molecular complexity index is 596.